The molecule has 0 heterocycles. The van der Waals surface area contributed by atoms with Crippen LogP contribution in [-0.2, 0) is 5.41 Å². The van der Waals surface area contributed by atoms with Gasteiger partial charge < -0.3 is 10.4 Å². The molecule has 1 rings (SSSR count). The molecule has 0 aromatic heterocycles. The highest BCUT2D eigenvalue weighted by atomic mass is 16.3. The largest absolute Gasteiger partial charge is 0.394 e. The molecule has 2 heteroatoms. The minimum Gasteiger partial charge on any atom is -0.394 e. The molecule has 0 amide bonds. The molecule has 0 saturated heterocycles. The number of anilines is 1. The van der Waals surface area contributed by atoms with Crippen LogP contribution < -0.4 is 5.32 Å². The predicted molar refractivity (Wildman–Crippen MR) is 69.9 cm³/mol. The van der Waals surface area contributed by atoms with Crippen molar-refractivity contribution in [2.45, 2.75) is 45.6 Å². The first-order valence-corrected chi connectivity index (χ1v) is 5.74. The van der Waals surface area contributed by atoms with Gasteiger partial charge in [-0.15, -0.1) is 0 Å². The van der Waals surface area contributed by atoms with Crippen molar-refractivity contribution in [3.63, 3.8) is 0 Å². The van der Waals surface area contributed by atoms with Crippen molar-refractivity contribution in [3.8, 4) is 0 Å². The molecule has 2 N–H and O–H groups in total. The van der Waals surface area contributed by atoms with E-state index in [1.165, 1.54) is 5.56 Å². The molecule has 0 bridgehead atoms. The van der Waals surface area contributed by atoms with Crippen LogP contribution in [0.5, 0.6) is 0 Å². The Labute approximate surface area is 98.7 Å². The van der Waals surface area contributed by atoms with E-state index in [4.69, 9.17) is 0 Å². The van der Waals surface area contributed by atoms with E-state index in [1.54, 1.807) is 0 Å². The van der Waals surface area contributed by atoms with Gasteiger partial charge in [0.1, 0.15) is 0 Å². The topological polar surface area (TPSA) is 32.3 Å². The van der Waals surface area contributed by atoms with Crippen LogP contribution in [0, 0.1) is 0 Å². The lowest BCUT2D eigenvalue weighted by molar-refractivity contribution is 0.234. The van der Waals surface area contributed by atoms with Crippen LogP contribution in [-0.4, -0.2) is 17.3 Å². The smallest absolute Gasteiger partial charge is 0.0656 e. The van der Waals surface area contributed by atoms with Crippen molar-refractivity contribution in [2.24, 2.45) is 0 Å². The second kappa shape index (κ2) is 4.46. The number of hydrogen-bond acceptors (Lipinski definition) is 2. The van der Waals surface area contributed by atoms with Crippen molar-refractivity contribution in [2.75, 3.05) is 11.9 Å². The molecule has 0 spiro atoms. The van der Waals surface area contributed by atoms with Crippen molar-refractivity contribution < 1.29 is 5.11 Å². The maximum atomic E-state index is 9.18. The SMILES string of the molecule is CC(C)(CO)Nc1ccc(C(C)(C)C)cc1. The van der Waals surface area contributed by atoms with Gasteiger partial charge in [0.15, 0.2) is 0 Å². The van der Waals surface area contributed by atoms with Gasteiger partial charge >= 0.3 is 0 Å². The van der Waals surface area contributed by atoms with Crippen LogP contribution >= 0.6 is 0 Å². The molecular formula is C14H23NO. The van der Waals surface area contributed by atoms with E-state index in [9.17, 15) is 5.11 Å². The lowest BCUT2D eigenvalue weighted by Crippen LogP contribution is -2.34. The normalized spacial score (nSPS) is 12.6. The number of aliphatic hydroxyl groups excluding tert-OH is 1. The number of hydrogen-bond donors (Lipinski definition) is 2. The summed E-state index contributed by atoms with van der Waals surface area (Å²) in [5.41, 5.74) is 2.28. The summed E-state index contributed by atoms with van der Waals surface area (Å²) in [6, 6.07) is 8.40. The molecule has 0 aliphatic rings. The summed E-state index contributed by atoms with van der Waals surface area (Å²) < 4.78 is 0. The van der Waals surface area contributed by atoms with Gasteiger partial charge in [-0.2, -0.15) is 0 Å². The van der Waals surface area contributed by atoms with E-state index in [0.29, 0.717) is 0 Å². The third-order valence-electron chi connectivity index (χ3n) is 2.63. The van der Waals surface area contributed by atoms with Crippen LogP contribution in [0.4, 0.5) is 5.69 Å². The average molecular weight is 221 g/mol. The van der Waals surface area contributed by atoms with E-state index in [0.717, 1.165) is 5.69 Å². The molecule has 0 saturated carbocycles. The van der Waals surface area contributed by atoms with E-state index < -0.39 is 0 Å². The lowest BCUT2D eigenvalue weighted by Gasteiger charge is -2.26. The van der Waals surface area contributed by atoms with E-state index in [-0.39, 0.29) is 17.6 Å². The molecule has 0 radical (unpaired) electrons. The average Bonchev–Trinajstić information content (AvgIpc) is 2.16. The third kappa shape index (κ3) is 3.53. The summed E-state index contributed by atoms with van der Waals surface area (Å²) in [4.78, 5) is 0. The van der Waals surface area contributed by atoms with Gasteiger partial charge in [0.05, 0.1) is 12.1 Å². The minimum absolute atomic E-state index is 0.119. The zero-order valence-corrected chi connectivity index (χ0v) is 11.0. The van der Waals surface area contributed by atoms with Crippen LogP contribution in [0.25, 0.3) is 0 Å². The summed E-state index contributed by atoms with van der Waals surface area (Å²) in [6.07, 6.45) is 0. The molecule has 0 unspecified atom stereocenters. The maximum Gasteiger partial charge on any atom is 0.0656 e. The lowest BCUT2D eigenvalue weighted by atomic mass is 9.87. The van der Waals surface area contributed by atoms with E-state index >= 15 is 0 Å². The number of benzene rings is 1. The summed E-state index contributed by atoms with van der Waals surface area (Å²) in [6.45, 7) is 10.7. The summed E-state index contributed by atoms with van der Waals surface area (Å²) in [5, 5.41) is 12.5. The first-order valence-electron chi connectivity index (χ1n) is 5.74. The van der Waals surface area contributed by atoms with Crippen LogP contribution in [0.3, 0.4) is 0 Å². The van der Waals surface area contributed by atoms with Gasteiger partial charge in [0.2, 0.25) is 0 Å². The number of nitrogens with one attached hydrogen (secondary N) is 1. The Morgan fingerprint density at radius 3 is 1.88 bits per heavy atom. The standard InChI is InChI=1S/C14H23NO/c1-13(2,3)11-6-8-12(9-7-11)15-14(4,5)10-16/h6-9,15-16H,10H2,1-5H3. The van der Waals surface area contributed by atoms with Crippen molar-refractivity contribution in [3.05, 3.63) is 29.8 Å². The Morgan fingerprint density at radius 2 is 1.50 bits per heavy atom. The third-order valence-corrected chi connectivity index (χ3v) is 2.63. The number of rotatable bonds is 3. The summed E-state index contributed by atoms with van der Waals surface area (Å²) in [7, 11) is 0. The molecule has 90 valence electrons. The number of aliphatic hydroxyl groups is 1. The molecule has 2 nitrogen and oxygen atoms in total. The van der Waals surface area contributed by atoms with Crippen molar-refractivity contribution in [1.82, 2.24) is 0 Å². The Morgan fingerprint density at radius 1 is 1.00 bits per heavy atom. The molecule has 0 aliphatic carbocycles. The second-order valence-electron chi connectivity index (χ2n) is 5.99. The molecule has 1 aromatic carbocycles. The van der Waals surface area contributed by atoms with Crippen LogP contribution in [0.15, 0.2) is 24.3 Å². The van der Waals surface area contributed by atoms with Gasteiger partial charge in [-0.1, -0.05) is 32.9 Å². The van der Waals surface area contributed by atoms with Crippen molar-refractivity contribution in [1.29, 1.82) is 0 Å². The first kappa shape index (κ1) is 13.0. The summed E-state index contributed by atoms with van der Waals surface area (Å²) >= 11 is 0. The maximum absolute atomic E-state index is 9.18. The van der Waals surface area contributed by atoms with Gasteiger partial charge in [0, 0.05) is 5.69 Å². The quantitative estimate of drug-likeness (QED) is 0.821. The fraction of sp³-hybridized carbons (Fsp3) is 0.571. The second-order valence-corrected chi connectivity index (χ2v) is 5.99. The zero-order chi connectivity index (χ0) is 12.4. The van der Waals surface area contributed by atoms with Crippen LogP contribution in [0.1, 0.15) is 40.2 Å². The fourth-order valence-electron chi connectivity index (χ4n) is 1.48. The zero-order valence-electron chi connectivity index (χ0n) is 11.0. The molecule has 1 aromatic rings. The monoisotopic (exact) mass is 221 g/mol. The van der Waals surface area contributed by atoms with Crippen LogP contribution in [0.2, 0.25) is 0 Å². The fourth-order valence-corrected chi connectivity index (χ4v) is 1.48. The van der Waals surface area contributed by atoms with Gasteiger partial charge in [0.25, 0.3) is 0 Å². The Kier molecular flexibility index (Phi) is 3.64. The molecule has 0 atom stereocenters. The highest BCUT2D eigenvalue weighted by Crippen LogP contribution is 2.24. The highest BCUT2D eigenvalue weighted by molar-refractivity contribution is 5.47. The molecule has 16 heavy (non-hydrogen) atoms. The Hall–Kier alpha value is -1.02. The minimum atomic E-state index is -0.275. The van der Waals surface area contributed by atoms with Crippen molar-refractivity contribution >= 4 is 5.69 Å². The highest BCUT2D eigenvalue weighted by Gasteiger charge is 2.16. The first-order chi connectivity index (χ1) is 7.24. The van der Waals surface area contributed by atoms with Gasteiger partial charge in [-0.25, -0.2) is 0 Å². The molecule has 0 fully saturated rings. The predicted octanol–water partition coefficient (Wildman–Crippen LogP) is 3.17. The van der Waals surface area contributed by atoms with E-state index in [2.05, 4.69) is 50.4 Å². The Balaban J connectivity index is 2.80. The molecule has 0 aliphatic heterocycles. The molecular weight excluding hydrogens is 198 g/mol. The van der Waals surface area contributed by atoms with Gasteiger partial charge in [-0.3, -0.25) is 0 Å². The van der Waals surface area contributed by atoms with E-state index in [1.807, 2.05) is 13.8 Å². The van der Waals surface area contributed by atoms with Gasteiger partial charge in [-0.05, 0) is 37.0 Å². The Bertz CT molecular complexity index is 333. The summed E-state index contributed by atoms with van der Waals surface area (Å²) in [5.74, 6) is 0.